The summed E-state index contributed by atoms with van der Waals surface area (Å²) >= 11 is 0. The molecule has 0 radical (unpaired) electrons. The van der Waals surface area contributed by atoms with Gasteiger partial charge in [0, 0.05) is 31.4 Å². The first-order chi connectivity index (χ1) is 11.0. The molecule has 0 bridgehead atoms. The summed E-state index contributed by atoms with van der Waals surface area (Å²) in [6.07, 6.45) is 2.84. The second-order valence-corrected chi connectivity index (χ2v) is 6.37. The van der Waals surface area contributed by atoms with Crippen LogP contribution in [0, 0.1) is 6.92 Å². The van der Waals surface area contributed by atoms with Crippen LogP contribution in [0.5, 0.6) is 0 Å². The molecule has 2 aromatic heterocycles. The minimum atomic E-state index is 0.407. The van der Waals surface area contributed by atoms with Crippen LogP contribution in [-0.2, 0) is 20.0 Å². The van der Waals surface area contributed by atoms with Crippen molar-refractivity contribution in [3.05, 3.63) is 59.7 Å². The highest BCUT2D eigenvalue weighted by atomic mass is 15.2. The second-order valence-electron chi connectivity index (χ2n) is 6.37. The van der Waals surface area contributed by atoms with Crippen molar-refractivity contribution in [3.8, 4) is 0 Å². The van der Waals surface area contributed by atoms with Gasteiger partial charge in [-0.15, -0.1) is 0 Å². The zero-order valence-electron chi connectivity index (χ0n) is 14.3. The van der Waals surface area contributed by atoms with E-state index in [-0.39, 0.29) is 0 Å². The van der Waals surface area contributed by atoms with Crippen molar-refractivity contribution in [2.24, 2.45) is 7.05 Å². The zero-order chi connectivity index (χ0) is 16.4. The van der Waals surface area contributed by atoms with Crippen molar-refractivity contribution in [2.45, 2.75) is 32.9 Å². The number of pyridine rings is 1. The number of hydrogen-bond donors (Lipinski definition) is 0. The molecular weight excluding hydrogens is 284 g/mol. The normalized spacial score (nSPS) is 12.9. The molecule has 0 N–H and O–H groups in total. The van der Waals surface area contributed by atoms with Crippen molar-refractivity contribution in [2.75, 3.05) is 7.05 Å². The molecular formula is C19H24N4. The molecule has 3 rings (SSSR count). The summed E-state index contributed by atoms with van der Waals surface area (Å²) in [5, 5.41) is 0. The van der Waals surface area contributed by atoms with E-state index in [0.717, 1.165) is 30.0 Å². The SMILES string of the molecule is Cc1ccnc(C[C@@H](C)N(C)Cc2nc3ccccc3n2C)c1. The van der Waals surface area contributed by atoms with Gasteiger partial charge in [0.2, 0.25) is 0 Å². The van der Waals surface area contributed by atoms with Gasteiger partial charge >= 0.3 is 0 Å². The smallest absolute Gasteiger partial charge is 0.123 e. The summed E-state index contributed by atoms with van der Waals surface area (Å²) in [7, 11) is 4.24. The molecule has 23 heavy (non-hydrogen) atoms. The minimum absolute atomic E-state index is 0.407. The molecule has 0 saturated heterocycles. The number of rotatable bonds is 5. The molecule has 1 aromatic carbocycles. The number of nitrogens with zero attached hydrogens (tertiary/aromatic N) is 4. The third-order valence-electron chi connectivity index (χ3n) is 4.50. The molecule has 2 heterocycles. The van der Waals surface area contributed by atoms with Crippen molar-refractivity contribution < 1.29 is 0 Å². The maximum atomic E-state index is 4.76. The monoisotopic (exact) mass is 308 g/mol. The number of aryl methyl sites for hydroxylation is 2. The third kappa shape index (κ3) is 3.42. The first-order valence-electron chi connectivity index (χ1n) is 8.06. The van der Waals surface area contributed by atoms with Gasteiger partial charge in [0.05, 0.1) is 17.6 Å². The number of imidazole rings is 1. The molecule has 0 spiro atoms. The minimum Gasteiger partial charge on any atom is -0.330 e. The van der Waals surface area contributed by atoms with E-state index in [4.69, 9.17) is 4.98 Å². The number of para-hydroxylation sites is 2. The van der Waals surface area contributed by atoms with Gasteiger partial charge in [-0.2, -0.15) is 0 Å². The zero-order valence-corrected chi connectivity index (χ0v) is 14.3. The molecule has 0 fully saturated rings. The molecule has 4 nitrogen and oxygen atoms in total. The van der Waals surface area contributed by atoms with E-state index in [1.807, 2.05) is 18.3 Å². The lowest BCUT2D eigenvalue weighted by Gasteiger charge is -2.24. The van der Waals surface area contributed by atoms with Crippen LogP contribution in [0.1, 0.15) is 24.0 Å². The second kappa shape index (κ2) is 6.50. The van der Waals surface area contributed by atoms with E-state index in [1.165, 1.54) is 11.1 Å². The average Bonchev–Trinajstić information content (AvgIpc) is 2.84. The summed E-state index contributed by atoms with van der Waals surface area (Å²) in [5.74, 6) is 1.10. The van der Waals surface area contributed by atoms with Crippen molar-refractivity contribution >= 4 is 11.0 Å². The van der Waals surface area contributed by atoms with Gasteiger partial charge in [-0.1, -0.05) is 12.1 Å². The van der Waals surface area contributed by atoms with E-state index in [2.05, 4.69) is 66.7 Å². The molecule has 0 aliphatic carbocycles. The lowest BCUT2D eigenvalue weighted by atomic mass is 10.1. The number of hydrogen-bond acceptors (Lipinski definition) is 3. The molecule has 0 aliphatic rings. The number of benzene rings is 1. The third-order valence-corrected chi connectivity index (χ3v) is 4.50. The highest BCUT2D eigenvalue weighted by Gasteiger charge is 2.15. The molecule has 1 atom stereocenters. The molecule has 3 aromatic rings. The molecule has 120 valence electrons. The summed E-state index contributed by atoms with van der Waals surface area (Å²) in [6, 6.07) is 12.9. The van der Waals surface area contributed by atoms with E-state index < -0.39 is 0 Å². The lowest BCUT2D eigenvalue weighted by Crippen LogP contribution is -2.31. The van der Waals surface area contributed by atoms with Crippen LogP contribution >= 0.6 is 0 Å². The fraction of sp³-hybridized carbons (Fsp3) is 0.368. The predicted octanol–water partition coefficient (Wildman–Crippen LogP) is 3.34. The summed E-state index contributed by atoms with van der Waals surface area (Å²) < 4.78 is 2.18. The Bertz CT molecular complexity index is 806. The topological polar surface area (TPSA) is 34.0 Å². The number of fused-ring (bicyclic) bond motifs is 1. The van der Waals surface area contributed by atoms with E-state index in [9.17, 15) is 0 Å². The molecule has 0 unspecified atom stereocenters. The molecule has 0 saturated carbocycles. The number of aromatic nitrogens is 3. The molecule has 4 heteroatoms. The van der Waals surface area contributed by atoms with Gasteiger partial charge in [0.25, 0.3) is 0 Å². The molecule has 0 aliphatic heterocycles. The van der Waals surface area contributed by atoms with Crippen LogP contribution in [0.2, 0.25) is 0 Å². The summed E-state index contributed by atoms with van der Waals surface area (Å²) in [6.45, 7) is 5.18. The highest BCUT2D eigenvalue weighted by Crippen LogP contribution is 2.16. The van der Waals surface area contributed by atoms with Crippen LogP contribution in [0.15, 0.2) is 42.6 Å². The fourth-order valence-corrected chi connectivity index (χ4v) is 2.88. The molecule has 0 amide bonds. The Balaban J connectivity index is 1.72. The average molecular weight is 308 g/mol. The first kappa shape index (κ1) is 15.7. The highest BCUT2D eigenvalue weighted by molar-refractivity contribution is 5.75. The van der Waals surface area contributed by atoms with E-state index in [0.29, 0.717) is 6.04 Å². The van der Waals surface area contributed by atoms with Gasteiger partial charge in [0.15, 0.2) is 0 Å². The van der Waals surface area contributed by atoms with Crippen LogP contribution < -0.4 is 0 Å². The lowest BCUT2D eigenvalue weighted by molar-refractivity contribution is 0.239. The number of likely N-dealkylation sites (N-methyl/N-ethyl adjacent to an activating group) is 1. The van der Waals surface area contributed by atoms with Crippen LogP contribution in [0.3, 0.4) is 0 Å². The van der Waals surface area contributed by atoms with Gasteiger partial charge < -0.3 is 4.57 Å². The predicted molar refractivity (Wildman–Crippen MR) is 94.3 cm³/mol. The Morgan fingerprint density at radius 2 is 2.00 bits per heavy atom. The fourth-order valence-electron chi connectivity index (χ4n) is 2.88. The largest absolute Gasteiger partial charge is 0.330 e. The van der Waals surface area contributed by atoms with Crippen LogP contribution in [0.4, 0.5) is 0 Å². The van der Waals surface area contributed by atoms with Crippen molar-refractivity contribution in [1.29, 1.82) is 0 Å². The van der Waals surface area contributed by atoms with E-state index in [1.54, 1.807) is 0 Å². The van der Waals surface area contributed by atoms with Gasteiger partial charge in [-0.3, -0.25) is 9.88 Å². The van der Waals surface area contributed by atoms with Crippen molar-refractivity contribution in [3.63, 3.8) is 0 Å². The van der Waals surface area contributed by atoms with Crippen LogP contribution in [0.25, 0.3) is 11.0 Å². The van der Waals surface area contributed by atoms with Crippen molar-refractivity contribution in [1.82, 2.24) is 19.4 Å². The first-order valence-corrected chi connectivity index (χ1v) is 8.06. The van der Waals surface area contributed by atoms with Gasteiger partial charge in [-0.25, -0.2) is 4.98 Å². The van der Waals surface area contributed by atoms with Crippen LogP contribution in [-0.4, -0.2) is 32.5 Å². The van der Waals surface area contributed by atoms with Gasteiger partial charge in [-0.05, 0) is 50.7 Å². The van der Waals surface area contributed by atoms with Gasteiger partial charge in [0.1, 0.15) is 5.82 Å². The summed E-state index contributed by atoms with van der Waals surface area (Å²) in [5.41, 5.74) is 4.66. The van der Waals surface area contributed by atoms with E-state index >= 15 is 0 Å². The Labute approximate surface area is 137 Å². The quantitative estimate of drug-likeness (QED) is 0.725. The standard InChI is InChI=1S/C19H24N4/c1-14-9-10-20-16(11-14)12-15(2)22(3)13-19-21-17-7-5-6-8-18(17)23(19)4/h5-11,15H,12-13H2,1-4H3/t15-/m1/s1. The Morgan fingerprint density at radius 1 is 1.22 bits per heavy atom. The summed E-state index contributed by atoms with van der Waals surface area (Å²) in [4.78, 5) is 11.6. The Hall–Kier alpha value is -2.20. The maximum absolute atomic E-state index is 4.76. The Kier molecular flexibility index (Phi) is 4.44. The maximum Gasteiger partial charge on any atom is 0.123 e. The Morgan fingerprint density at radius 3 is 2.74 bits per heavy atom.